The summed E-state index contributed by atoms with van der Waals surface area (Å²) < 4.78 is 16.5. The Bertz CT molecular complexity index is 3520. The largest absolute Gasteiger partial charge is 0.543 e. The fourth-order valence-electron chi connectivity index (χ4n) is 11.2. The summed E-state index contributed by atoms with van der Waals surface area (Å²) in [7, 11) is 0. The molecule has 8 heterocycles. The summed E-state index contributed by atoms with van der Waals surface area (Å²) in [6, 6.07) is 22.3. The molecule has 3 aromatic heterocycles. The highest BCUT2D eigenvalue weighted by molar-refractivity contribution is 8.14. The lowest BCUT2D eigenvalue weighted by atomic mass is 10.0. The molecule has 2 aromatic carbocycles. The number of amides is 5. The van der Waals surface area contributed by atoms with Crippen molar-refractivity contribution in [3.63, 3.8) is 0 Å². The molecular formula is C62H70N10O12S4. The van der Waals surface area contributed by atoms with Crippen molar-refractivity contribution in [3.05, 3.63) is 163 Å². The molecule has 4 N–H and O–H groups in total. The third kappa shape index (κ3) is 15.7. The van der Waals surface area contributed by atoms with Crippen LogP contribution in [0.15, 0.2) is 130 Å². The quantitative estimate of drug-likeness (QED) is 0.0282. The number of rotatable bonds is 31. The molecule has 26 heteroatoms. The van der Waals surface area contributed by atoms with E-state index in [-0.39, 0.29) is 59.4 Å². The molecule has 5 amide bonds. The van der Waals surface area contributed by atoms with Gasteiger partial charge in [-0.1, -0.05) is 73.3 Å². The van der Waals surface area contributed by atoms with Gasteiger partial charge in [-0.3, -0.25) is 48.4 Å². The van der Waals surface area contributed by atoms with E-state index in [0.29, 0.717) is 73.5 Å². The zero-order chi connectivity index (χ0) is 61.8. The molecule has 10 rings (SSSR count). The highest BCUT2D eigenvalue weighted by Crippen LogP contribution is 2.42. The third-order valence-corrected chi connectivity index (χ3v) is 20.2. The number of carboxylic acids is 2. The standard InChI is InChI=1S/C62H70N10O12S4/c1-3-67(29-39-17-21-69(22-18-39)33-43-35-85-57-51(55(75)71(57)53(43)59(77)78)65-49(73)27-45-37-87-61(81)63-45)31-41-13-7-9-15-47(41)83-25-11-5-6-12-26-84-48-16-10-8-14-42(48)32-68(4-2)30-40-19-23-70(24-20-40)34-44-36-86-58-52(56(76)72(58)54(44)60(79)80)66-50(74)28-46-38-88-62(82)64-46/h7-10,13-24,37,46,51-52,57-58H,3-6,11-12,25-36,38H2,1-2H3,(H4-2,63,64,65,66,73,74,77,78,79,80,81,82)/t46?,51-,52+,57?,58?/m0/s1. The molecule has 0 bridgehead atoms. The number of carboxylic acid groups (broad SMARTS) is 2. The van der Waals surface area contributed by atoms with E-state index in [4.69, 9.17) is 9.47 Å². The van der Waals surface area contributed by atoms with E-state index in [1.165, 1.54) is 33.3 Å². The Balaban J connectivity index is 0.627. The Hall–Kier alpha value is -7.49. The summed E-state index contributed by atoms with van der Waals surface area (Å²) in [5, 5.41) is 33.3. The highest BCUT2D eigenvalue weighted by Gasteiger charge is 2.54. The molecule has 0 saturated carbocycles. The van der Waals surface area contributed by atoms with E-state index < -0.39 is 52.5 Å². The fourth-order valence-corrected chi connectivity index (χ4v) is 15.3. The molecule has 464 valence electrons. The van der Waals surface area contributed by atoms with E-state index in [1.807, 2.05) is 94.6 Å². The van der Waals surface area contributed by atoms with Crippen LogP contribution < -0.4 is 49.6 Å². The minimum atomic E-state index is -1.44. The number of H-pyrrole nitrogens is 1. The molecule has 0 radical (unpaired) electrons. The van der Waals surface area contributed by atoms with Gasteiger partial charge in [-0.25, -0.2) is 9.13 Å². The summed E-state index contributed by atoms with van der Waals surface area (Å²) >= 11 is 4.84. The van der Waals surface area contributed by atoms with Gasteiger partial charge in [-0.2, -0.15) is 0 Å². The van der Waals surface area contributed by atoms with Gasteiger partial charge in [0.1, 0.15) is 34.3 Å². The van der Waals surface area contributed by atoms with E-state index in [1.54, 1.807) is 5.38 Å². The first-order valence-corrected chi connectivity index (χ1v) is 33.4. The number of hydrogen-bond acceptors (Lipinski definition) is 18. The maximum Gasteiger partial charge on any atom is 0.304 e. The SMILES string of the molecule is CCN(Cc1cc[n+](CC2=C(C(=O)[O-])N3C(=O)[C@@H](NC(=O)CC4CSC(=O)N4)C3SC2)cc1)Cc1ccccc1OCCCCCCOc1ccccc1CN(CC)Cc1cc[n+](CC2=C(C(=O)[O-])N3C(=O)[C@H](NC(=O)Cc4csc(=O)[nH]4)C3SC2)cc1. The minimum Gasteiger partial charge on any atom is -0.543 e. The van der Waals surface area contributed by atoms with Gasteiger partial charge in [0.05, 0.1) is 43.0 Å². The Morgan fingerprint density at radius 1 is 0.648 bits per heavy atom. The number of thioether (sulfide) groups is 3. The molecule has 5 aliphatic rings. The predicted molar refractivity (Wildman–Crippen MR) is 327 cm³/mol. The number of pyridine rings is 2. The molecule has 3 saturated heterocycles. The van der Waals surface area contributed by atoms with Crippen LogP contribution in [0.3, 0.4) is 0 Å². The lowest BCUT2D eigenvalue weighted by molar-refractivity contribution is -0.689. The average Bonchev–Trinajstić information content (AvgIpc) is 0.871. The number of carbonyl (C=O) groups is 7. The van der Waals surface area contributed by atoms with E-state index in [0.717, 1.165) is 95.6 Å². The molecule has 5 aromatic rings. The van der Waals surface area contributed by atoms with Crippen LogP contribution in [0.4, 0.5) is 4.79 Å². The van der Waals surface area contributed by atoms with Crippen LogP contribution in [0, 0.1) is 0 Å². The lowest BCUT2D eigenvalue weighted by Gasteiger charge is -2.50. The Morgan fingerprint density at radius 2 is 1.12 bits per heavy atom. The molecule has 0 spiro atoms. The zero-order valence-corrected chi connectivity index (χ0v) is 52.1. The number of hydrogen-bond donors (Lipinski definition) is 4. The van der Waals surface area contributed by atoms with E-state index in [9.17, 15) is 48.6 Å². The minimum absolute atomic E-state index is 0.0411. The second-order valence-electron chi connectivity index (χ2n) is 22.1. The molecule has 22 nitrogen and oxygen atoms in total. The molecule has 5 aliphatic heterocycles. The number of thiazole rings is 1. The molecule has 88 heavy (non-hydrogen) atoms. The van der Waals surface area contributed by atoms with Gasteiger partial charge < -0.3 is 50.2 Å². The number of aromatic amines is 1. The molecular weight excluding hydrogens is 1210 g/mol. The fraction of sp³-hybridized carbons (Fsp3) is 0.419. The lowest BCUT2D eigenvalue weighted by Crippen LogP contribution is -2.71. The molecule has 0 aliphatic carbocycles. The predicted octanol–water partition coefficient (Wildman–Crippen LogP) is 2.34. The second kappa shape index (κ2) is 29.7. The van der Waals surface area contributed by atoms with Crippen LogP contribution in [0.2, 0.25) is 0 Å². The number of nitrogens with one attached hydrogen (secondary N) is 4. The summed E-state index contributed by atoms with van der Waals surface area (Å²) in [5.74, 6) is -1.83. The normalized spacial score (nSPS) is 19.7. The van der Waals surface area contributed by atoms with Crippen LogP contribution >= 0.6 is 46.6 Å². The van der Waals surface area contributed by atoms with Gasteiger partial charge in [-0.05, 0) is 62.0 Å². The van der Waals surface area contributed by atoms with Crippen molar-refractivity contribution in [2.24, 2.45) is 0 Å². The van der Waals surface area contributed by atoms with Gasteiger partial charge in [0.15, 0.2) is 37.9 Å². The topological polar surface area (TPSA) is 274 Å². The molecule has 3 fully saturated rings. The van der Waals surface area contributed by atoms with E-state index in [2.05, 4.69) is 56.7 Å². The number of β-lactam (4-membered cyclic amide) rings is 2. The second-order valence-corrected chi connectivity index (χ2v) is 26.1. The van der Waals surface area contributed by atoms with Crippen molar-refractivity contribution in [1.82, 2.24) is 40.5 Å². The maximum absolute atomic E-state index is 13.2. The van der Waals surface area contributed by atoms with Crippen LogP contribution in [-0.2, 0) is 74.5 Å². The summed E-state index contributed by atoms with van der Waals surface area (Å²) in [6.07, 6.45) is 11.4. The summed E-state index contributed by atoms with van der Waals surface area (Å²) in [4.78, 5) is 109. The first-order chi connectivity index (χ1) is 42.6. The monoisotopic (exact) mass is 1270 g/mol. The number of fused-ring (bicyclic) bond motifs is 2. The highest BCUT2D eigenvalue weighted by atomic mass is 32.2. The zero-order valence-electron chi connectivity index (χ0n) is 48.9. The smallest absolute Gasteiger partial charge is 0.304 e. The van der Waals surface area contributed by atoms with Gasteiger partial charge in [0.25, 0.3) is 17.1 Å². The van der Waals surface area contributed by atoms with Crippen molar-refractivity contribution in [1.29, 1.82) is 0 Å². The van der Waals surface area contributed by atoms with Crippen molar-refractivity contribution in [2.45, 2.75) is 121 Å². The van der Waals surface area contributed by atoms with Crippen molar-refractivity contribution >= 4 is 87.4 Å². The Kier molecular flexibility index (Phi) is 21.4. The van der Waals surface area contributed by atoms with Gasteiger partial charge in [0, 0.05) is 114 Å². The number of carbonyl (C=O) groups excluding carboxylic acids is 7. The summed E-state index contributed by atoms with van der Waals surface area (Å²) in [5.41, 5.74) is 5.56. The Morgan fingerprint density at radius 3 is 1.56 bits per heavy atom. The van der Waals surface area contributed by atoms with Crippen molar-refractivity contribution in [2.75, 3.05) is 43.6 Å². The number of unbranched alkanes of at least 4 members (excludes halogenated alkanes) is 3. The number of para-hydroxylation sites is 2. The van der Waals surface area contributed by atoms with Crippen LogP contribution in [0.25, 0.3) is 0 Å². The van der Waals surface area contributed by atoms with E-state index >= 15 is 0 Å². The van der Waals surface area contributed by atoms with Crippen molar-refractivity contribution < 1.29 is 62.4 Å². The number of benzene rings is 2. The molecule has 5 atom stereocenters. The van der Waals surface area contributed by atoms with Crippen LogP contribution in [0.5, 0.6) is 11.5 Å². The number of aromatic nitrogens is 3. The van der Waals surface area contributed by atoms with Gasteiger partial charge in [0.2, 0.25) is 11.8 Å². The summed E-state index contributed by atoms with van der Waals surface area (Å²) in [6.45, 7) is 10.2. The van der Waals surface area contributed by atoms with Crippen molar-refractivity contribution in [3.8, 4) is 11.5 Å². The molecule has 3 unspecified atom stereocenters. The first kappa shape index (κ1) is 63.5. The third-order valence-electron chi connectivity index (χ3n) is 15.9. The van der Waals surface area contributed by atoms with Crippen LogP contribution in [0.1, 0.15) is 73.9 Å². The number of aliphatic carboxylic acids is 2. The number of nitrogens with zero attached hydrogens (tertiary/aromatic N) is 6. The van der Waals surface area contributed by atoms with Gasteiger partial charge >= 0.3 is 4.87 Å². The average molecular weight is 1280 g/mol. The first-order valence-electron chi connectivity index (χ1n) is 29.4. The van der Waals surface area contributed by atoms with Crippen LogP contribution in [-0.4, -0.2) is 138 Å². The number of ether oxygens (including phenoxy) is 2. The maximum atomic E-state index is 13.2. The van der Waals surface area contributed by atoms with Gasteiger partial charge in [-0.15, -0.1) is 23.5 Å². The Labute approximate surface area is 526 Å².